The average Bonchev–Trinajstić information content (AvgIpc) is 2.14. The van der Waals surface area contributed by atoms with E-state index in [9.17, 15) is 0 Å². The van der Waals surface area contributed by atoms with E-state index in [1.807, 2.05) is 11.8 Å². The smallest absolute Gasteiger partial charge is 0.0699 e. The molecule has 2 nitrogen and oxygen atoms in total. The average molecular weight is 189 g/mol. The van der Waals surface area contributed by atoms with Gasteiger partial charge in [0.05, 0.1) is 6.10 Å². The summed E-state index contributed by atoms with van der Waals surface area (Å²) in [7, 11) is 0. The molecule has 1 N–H and O–H groups in total. The summed E-state index contributed by atoms with van der Waals surface area (Å²) in [6.45, 7) is 3.16. The zero-order chi connectivity index (χ0) is 8.65. The number of nitrogens with one attached hydrogen (secondary N) is 1. The molecule has 72 valence electrons. The van der Waals surface area contributed by atoms with Crippen LogP contribution in [0.1, 0.15) is 19.3 Å². The van der Waals surface area contributed by atoms with Crippen molar-refractivity contribution < 1.29 is 4.74 Å². The molecule has 0 saturated carbocycles. The van der Waals surface area contributed by atoms with Gasteiger partial charge >= 0.3 is 0 Å². The first-order chi connectivity index (χ1) is 5.93. The fraction of sp³-hybridized carbons (Fsp3) is 1.00. The van der Waals surface area contributed by atoms with Crippen LogP contribution < -0.4 is 5.32 Å². The lowest BCUT2D eigenvalue weighted by Crippen LogP contribution is -2.35. The molecule has 1 fully saturated rings. The molecule has 0 aromatic heterocycles. The molecule has 0 unspecified atom stereocenters. The van der Waals surface area contributed by atoms with Crippen molar-refractivity contribution in [1.29, 1.82) is 0 Å². The molecule has 3 heteroatoms. The zero-order valence-electron chi connectivity index (χ0n) is 7.84. The quantitative estimate of drug-likeness (QED) is 0.662. The summed E-state index contributed by atoms with van der Waals surface area (Å²) in [5, 5.41) is 3.35. The highest BCUT2D eigenvalue weighted by Gasteiger charge is 2.11. The molecule has 0 aromatic rings. The summed E-state index contributed by atoms with van der Waals surface area (Å²) in [5.74, 6) is 1.22. The predicted molar refractivity (Wildman–Crippen MR) is 54.8 cm³/mol. The lowest BCUT2D eigenvalue weighted by Gasteiger charge is -2.22. The monoisotopic (exact) mass is 189 g/mol. The Kier molecular flexibility index (Phi) is 5.82. The second-order valence-corrected chi connectivity index (χ2v) is 4.17. The number of piperidine rings is 1. The molecule has 0 amide bonds. The summed E-state index contributed by atoms with van der Waals surface area (Å²) in [6.07, 6.45) is 6.33. The molecule has 0 aromatic carbocycles. The van der Waals surface area contributed by atoms with Crippen LogP contribution in [0, 0.1) is 0 Å². The van der Waals surface area contributed by atoms with Crippen LogP contribution in [-0.4, -0.2) is 37.8 Å². The third-order valence-corrected chi connectivity index (χ3v) is 2.79. The van der Waals surface area contributed by atoms with Gasteiger partial charge in [0.2, 0.25) is 0 Å². The lowest BCUT2D eigenvalue weighted by molar-refractivity contribution is 0.0379. The number of rotatable bonds is 5. The van der Waals surface area contributed by atoms with Gasteiger partial charge in [-0.25, -0.2) is 0 Å². The molecule has 1 saturated heterocycles. The normalized spacial score (nSPS) is 24.2. The van der Waals surface area contributed by atoms with E-state index < -0.39 is 0 Å². The maximum absolute atomic E-state index is 5.71. The summed E-state index contributed by atoms with van der Waals surface area (Å²) in [5.41, 5.74) is 0. The van der Waals surface area contributed by atoms with E-state index in [0.29, 0.717) is 6.10 Å². The van der Waals surface area contributed by atoms with Crippen molar-refractivity contribution in [3.8, 4) is 0 Å². The van der Waals surface area contributed by atoms with Crippen LogP contribution in [0.15, 0.2) is 0 Å². The molecule has 1 atom stereocenters. The number of hydrogen-bond donors (Lipinski definition) is 1. The molecule has 1 aliphatic rings. The van der Waals surface area contributed by atoms with E-state index in [1.54, 1.807) is 0 Å². The zero-order valence-corrected chi connectivity index (χ0v) is 8.66. The van der Waals surface area contributed by atoms with Crippen LogP contribution >= 0.6 is 11.8 Å². The van der Waals surface area contributed by atoms with Crippen molar-refractivity contribution in [3.05, 3.63) is 0 Å². The van der Waals surface area contributed by atoms with E-state index >= 15 is 0 Å². The molecule has 0 radical (unpaired) electrons. The van der Waals surface area contributed by atoms with Crippen molar-refractivity contribution in [2.45, 2.75) is 25.4 Å². The second-order valence-electron chi connectivity index (χ2n) is 3.19. The highest BCUT2D eigenvalue weighted by atomic mass is 32.2. The molecule has 1 heterocycles. The van der Waals surface area contributed by atoms with Crippen molar-refractivity contribution in [1.82, 2.24) is 5.32 Å². The van der Waals surface area contributed by atoms with Gasteiger partial charge < -0.3 is 10.1 Å². The fourth-order valence-corrected chi connectivity index (χ4v) is 1.82. The second kappa shape index (κ2) is 6.75. The van der Waals surface area contributed by atoms with Gasteiger partial charge in [-0.05, 0) is 37.8 Å². The number of ether oxygens (including phenoxy) is 1. The third kappa shape index (κ3) is 4.33. The molecule has 12 heavy (non-hydrogen) atoms. The summed E-state index contributed by atoms with van der Waals surface area (Å²) >= 11 is 1.89. The van der Waals surface area contributed by atoms with E-state index in [2.05, 4.69) is 11.6 Å². The van der Waals surface area contributed by atoms with E-state index in [0.717, 1.165) is 13.2 Å². The van der Waals surface area contributed by atoms with Crippen molar-refractivity contribution >= 4 is 11.8 Å². The van der Waals surface area contributed by atoms with Gasteiger partial charge in [-0.15, -0.1) is 0 Å². The Hall–Kier alpha value is 0.270. The van der Waals surface area contributed by atoms with Crippen LogP contribution in [0.4, 0.5) is 0 Å². The minimum atomic E-state index is 0.487. The van der Waals surface area contributed by atoms with Crippen LogP contribution in [0.2, 0.25) is 0 Å². The largest absolute Gasteiger partial charge is 0.377 e. The Labute approximate surface area is 79.4 Å². The molecular formula is C9H19NOS. The van der Waals surface area contributed by atoms with E-state index in [-0.39, 0.29) is 0 Å². The summed E-state index contributed by atoms with van der Waals surface area (Å²) in [4.78, 5) is 0. The first-order valence-corrected chi connectivity index (χ1v) is 6.14. The predicted octanol–water partition coefficient (Wildman–Crippen LogP) is 1.51. The lowest BCUT2D eigenvalue weighted by atomic mass is 10.1. The molecule has 0 bridgehead atoms. The van der Waals surface area contributed by atoms with E-state index in [4.69, 9.17) is 4.74 Å². The molecule has 0 spiro atoms. The Morgan fingerprint density at radius 2 is 2.50 bits per heavy atom. The highest BCUT2D eigenvalue weighted by molar-refractivity contribution is 7.98. The molecule has 1 rings (SSSR count). The maximum atomic E-state index is 5.71. The van der Waals surface area contributed by atoms with Gasteiger partial charge in [0.25, 0.3) is 0 Å². The standard InChI is InChI=1S/C9H19NOS/c1-12-7-3-6-11-9-4-2-5-10-8-9/h9-10H,2-8H2,1H3/t9-/m0/s1. The minimum absolute atomic E-state index is 0.487. The molecule has 1 aliphatic heterocycles. The van der Waals surface area contributed by atoms with Crippen molar-refractivity contribution in [2.75, 3.05) is 31.7 Å². The van der Waals surface area contributed by atoms with Crippen molar-refractivity contribution in [2.24, 2.45) is 0 Å². The molecular weight excluding hydrogens is 170 g/mol. The van der Waals surface area contributed by atoms with Gasteiger partial charge in [-0.3, -0.25) is 0 Å². The summed E-state index contributed by atoms with van der Waals surface area (Å²) in [6, 6.07) is 0. The number of thioether (sulfide) groups is 1. The Morgan fingerprint density at radius 1 is 1.58 bits per heavy atom. The van der Waals surface area contributed by atoms with Crippen LogP contribution in [-0.2, 0) is 4.74 Å². The Morgan fingerprint density at radius 3 is 3.17 bits per heavy atom. The van der Waals surface area contributed by atoms with Gasteiger partial charge in [0, 0.05) is 13.2 Å². The van der Waals surface area contributed by atoms with Gasteiger partial charge in [-0.1, -0.05) is 0 Å². The first-order valence-electron chi connectivity index (χ1n) is 4.74. The minimum Gasteiger partial charge on any atom is -0.377 e. The van der Waals surface area contributed by atoms with Gasteiger partial charge in [0.15, 0.2) is 0 Å². The van der Waals surface area contributed by atoms with Gasteiger partial charge in [0.1, 0.15) is 0 Å². The Balaban J connectivity index is 1.91. The van der Waals surface area contributed by atoms with E-state index in [1.165, 1.54) is 31.6 Å². The summed E-state index contributed by atoms with van der Waals surface area (Å²) < 4.78 is 5.71. The maximum Gasteiger partial charge on any atom is 0.0699 e. The fourth-order valence-electron chi connectivity index (χ4n) is 1.42. The van der Waals surface area contributed by atoms with Crippen molar-refractivity contribution in [3.63, 3.8) is 0 Å². The number of hydrogen-bond acceptors (Lipinski definition) is 3. The first kappa shape index (κ1) is 10.4. The van der Waals surface area contributed by atoms with Crippen LogP contribution in [0.25, 0.3) is 0 Å². The van der Waals surface area contributed by atoms with Crippen LogP contribution in [0.3, 0.4) is 0 Å². The highest BCUT2D eigenvalue weighted by Crippen LogP contribution is 2.06. The van der Waals surface area contributed by atoms with Crippen LogP contribution in [0.5, 0.6) is 0 Å². The SMILES string of the molecule is CSCCCO[C@H]1CCCNC1. The Bertz CT molecular complexity index is 105. The topological polar surface area (TPSA) is 21.3 Å². The molecule has 0 aliphatic carbocycles. The third-order valence-electron chi connectivity index (χ3n) is 2.10. The van der Waals surface area contributed by atoms with Gasteiger partial charge in [-0.2, -0.15) is 11.8 Å².